The standard InChI is InChI=1S/C14H11ClF3N3OS/c1-8-2-3-9(6-10(8)15)20-12(22)7-23-13-19-5-4-11(21-13)14(16,17)18/h2-6H,7H2,1H3,(H,20,22). The minimum absolute atomic E-state index is 0.114. The third kappa shape index (κ3) is 5.11. The Labute approximate surface area is 139 Å². The van der Waals surface area contributed by atoms with Crippen molar-refractivity contribution >= 4 is 35.0 Å². The van der Waals surface area contributed by atoms with Crippen LogP contribution in [0.5, 0.6) is 0 Å². The number of nitrogens with one attached hydrogen (secondary N) is 1. The van der Waals surface area contributed by atoms with Crippen molar-refractivity contribution in [3.63, 3.8) is 0 Å². The number of amides is 1. The lowest BCUT2D eigenvalue weighted by Crippen LogP contribution is -2.15. The molecule has 4 nitrogen and oxygen atoms in total. The summed E-state index contributed by atoms with van der Waals surface area (Å²) in [6, 6.07) is 5.81. The van der Waals surface area contributed by atoms with Crippen molar-refractivity contribution in [2.75, 3.05) is 11.1 Å². The molecule has 122 valence electrons. The van der Waals surface area contributed by atoms with E-state index in [1.807, 2.05) is 6.92 Å². The molecule has 0 radical (unpaired) electrons. The summed E-state index contributed by atoms with van der Waals surface area (Å²) >= 11 is 6.77. The van der Waals surface area contributed by atoms with Gasteiger partial charge in [-0.15, -0.1) is 0 Å². The van der Waals surface area contributed by atoms with Gasteiger partial charge in [0.1, 0.15) is 5.69 Å². The third-order valence-corrected chi connectivity index (χ3v) is 3.98. The van der Waals surface area contributed by atoms with Crippen molar-refractivity contribution in [2.24, 2.45) is 0 Å². The number of thioether (sulfide) groups is 1. The highest BCUT2D eigenvalue weighted by molar-refractivity contribution is 7.99. The maximum absolute atomic E-state index is 12.5. The molecule has 2 aromatic rings. The second-order valence-electron chi connectivity index (χ2n) is 4.52. The Balaban J connectivity index is 1.95. The fourth-order valence-electron chi connectivity index (χ4n) is 1.57. The highest BCUT2D eigenvalue weighted by Gasteiger charge is 2.32. The number of alkyl halides is 3. The first kappa shape index (κ1) is 17.6. The summed E-state index contributed by atoms with van der Waals surface area (Å²) in [5.41, 5.74) is 0.341. The molecule has 2 rings (SSSR count). The molecule has 0 aliphatic carbocycles. The van der Waals surface area contributed by atoms with Gasteiger partial charge < -0.3 is 5.32 Å². The predicted molar refractivity (Wildman–Crippen MR) is 82.6 cm³/mol. The monoisotopic (exact) mass is 361 g/mol. The lowest BCUT2D eigenvalue weighted by atomic mass is 10.2. The second kappa shape index (κ2) is 7.18. The van der Waals surface area contributed by atoms with E-state index in [1.54, 1.807) is 18.2 Å². The molecule has 1 amide bonds. The fraction of sp³-hybridized carbons (Fsp3) is 0.214. The van der Waals surface area contributed by atoms with Gasteiger partial charge in [-0.3, -0.25) is 4.79 Å². The SMILES string of the molecule is Cc1ccc(NC(=O)CSc2nccc(C(F)(F)F)n2)cc1Cl. The van der Waals surface area contributed by atoms with Gasteiger partial charge in [-0.1, -0.05) is 29.4 Å². The van der Waals surface area contributed by atoms with E-state index in [9.17, 15) is 18.0 Å². The molecule has 0 atom stereocenters. The average Bonchev–Trinajstić information content (AvgIpc) is 2.48. The number of carbonyl (C=O) groups excluding carboxylic acids is 1. The Morgan fingerprint density at radius 1 is 1.35 bits per heavy atom. The van der Waals surface area contributed by atoms with Gasteiger partial charge in [0.2, 0.25) is 5.91 Å². The predicted octanol–water partition coefficient (Wildman–Crippen LogP) is 4.19. The number of halogens is 4. The molecule has 0 saturated heterocycles. The summed E-state index contributed by atoms with van der Waals surface area (Å²) in [5, 5.41) is 3.00. The van der Waals surface area contributed by atoms with Gasteiger partial charge in [-0.25, -0.2) is 9.97 Å². The molecule has 1 aromatic carbocycles. The van der Waals surface area contributed by atoms with Gasteiger partial charge in [0.25, 0.3) is 0 Å². The van der Waals surface area contributed by atoms with Gasteiger partial charge in [0.15, 0.2) is 5.16 Å². The van der Waals surface area contributed by atoms with Crippen molar-refractivity contribution < 1.29 is 18.0 Å². The molecule has 0 saturated carbocycles. The number of carbonyl (C=O) groups is 1. The van der Waals surface area contributed by atoms with Crippen LogP contribution in [0.25, 0.3) is 0 Å². The van der Waals surface area contributed by atoms with Crippen LogP contribution in [0.15, 0.2) is 35.6 Å². The third-order valence-electron chi connectivity index (χ3n) is 2.71. The van der Waals surface area contributed by atoms with Gasteiger partial charge >= 0.3 is 6.18 Å². The zero-order valence-electron chi connectivity index (χ0n) is 11.8. The summed E-state index contributed by atoms with van der Waals surface area (Å²) in [6.07, 6.45) is -3.53. The summed E-state index contributed by atoms with van der Waals surface area (Å²) in [7, 11) is 0. The van der Waals surface area contributed by atoms with Crippen molar-refractivity contribution in [2.45, 2.75) is 18.3 Å². The van der Waals surface area contributed by atoms with E-state index in [1.165, 1.54) is 0 Å². The summed E-state index contributed by atoms with van der Waals surface area (Å²) in [5.74, 6) is -0.511. The van der Waals surface area contributed by atoms with Crippen LogP contribution in [0.2, 0.25) is 5.02 Å². The number of rotatable bonds is 4. The zero-order valence-corrected chi connectivity index (χ0v) is 13.4. The van der Waals surface area contributed by atoms with E-state index < -0.39 is 17.8 Å². The number of anilines is 1. The number of nitrogens with zero attached hydrogens (tertiary/aromatic N) is 2. The number of hydrogen-bond acceptors (Lipinski definition) is 4. The van der Waals surface area contributed by atoms with Crippen molar-refractivity contribution in [3.05, 3.63) is 46.7 Å². The first-order valence-electron chi connectivity index (χ1n) is 6.35. The van der Waals surface area contributed by atoms with Gasteiger partial charge in [0, 0.05) is 16.9 Å². The largest absolute Gasteiger partial charge is 0.433 e. The van der Waals surface area contributed by atoms with Gasteiger partial charge in [-0.2, -0.15) is 13.2 Å². The van der Waals surface area contributed by atoms with Crippen molar-refractivity contribution in [1.82, 2.24) is 9.97 Å². The molecule has 1 aromatic heterocycles. The lowest BCUT2D eigenvalue weighted by molar-refractivity contribution is -0.141. The van der Waals surface area contributed by atoms with E-state index in [0.29, 0.717) is 10.7 Å². The number of aromatic nitrogens is 2. The molecule has 9 heteroatoms. The Morgan fingerprint density at radius 3 is 2.74 bits per heavy atom. The quantitative estimate of drug-likeness (QED) is 0.655. The first-order valence-corrected chi connectivity index (χ1v) is 7.71. The molecule has 1 heterocycles. The van der Waals surface area contributed by atoms with Crippen molar-refractivity contribution in [3.8, 4) is 0 Å². The zero-order chi connectivity index (χ0) is 17.0. The van der Waals surface area contributed by atoms with Gasteiger partial charge in [0.05, 0.1) is 5.75 Å². The van der Waals surface area contributed by atoms with Crippen LogP contribution in [0.4, 0.5) is 18.9 Å². The van der Waals surface area contributed by atoms with Crippen LogP contribution in [-0.4, -0.2) is 21.6 Å². The number of hydrogen-bond donors (Lipinski definition) is 1. The van der Waals surface area contributed by atoms with Crippen LogP contribution < -0.4 is 5.32 Å². The molecule has 0 spiro atoms. The summed E-state index contributed by atoms with van der Waals surface area (Å²) in [6.45, 7) is 1.83. The van der Waals surface area contributed by atoms with Crippen LogP contribution in [0.3, 0.4) is 0 Å². The molecular formula is C14H11ClF3N3OS. The molecule has 0 aliphatic heterocycles. The molecular weight excluding hydrogens is 351 g/mol. The van der Waals surface area contributed by atoms with Gasteiger partial charge in [-0.05, 0) is 30.7 Å². The van der Waals surface area contributed by atoms with E-state index in [4.69, 9.17) is 11.6 Å². The Bertz CT molecular complexity index is 725. The minimum Gasteiger partial charge on any atom is -0.325 e. The van der Waals surface area contributed by atoms with E-state index in [0.717, 1.165) is 29.6 Å². The molecule has 1 N–H and O–H groups in total. The Hall–Kier alpha value is -1.80. The van der Waals surface area contributed by atoms with Crippen LogP contribution in [0.1, 0.15) is 11.3 Å². The molecule has 0 bridgehead atoms. The van der Waals surface area contributed by atoms with E-state index in [2.05, 4.69) is 15.3 Å². The fourth-order valence-corrected chi connectivity index (χ4v) is 2.38. The first-order chi connectivity index (χ1) is 10.8. The van der Waals surface area contributed by atoms with Crippen LogP contribution in [-0.2, 0) is 11.0 Å². The molecule has 0 unspecified atom stereocenters. The summed E-state index contributed by atoms with van der Waals surface area (Å²) < 4.78 is 37.6. The van der Waals surface area contributed by atoms with E-state index in [-0.39, 0.29) is 10.9 Å². The Morgan fingerprint density at radius 2 is 2.09 bits per heavy atom. The lowest BCUT2D eigenvalue weighted by Gasteiger charge is -2.08. The van der Waals surface area contributed by atoms with Crippen LogP contribution in [0, 0.1) is 6.92 Å². The smallest absolute Gasteiger partial charge is 0.325 e. The second-order valence-corrected chi connectivity index (χ2v) is 5.87. The Kier molecular flexibility index (Phi) is 5.48. The topological polar surface area (TPSA) is 54.9 Å². The molecule has 0 fully saturated rings. The average molecular weight is 362 g/mol. The normalized spacial score (nSPS) is 11.3. The molecule has 23 heavy (non-hydrogen) atoms. The van der Waals surface area contributed by atoms with E-state index >= 15 is 0 Å². The minimum atomic E-state index is -4.54. The number of benzene rings is 1. The highest BCUT2D eigenvalue weighted by Crippen LogP contribution is 2.28. The van der Waals surface area contributed by atoms with Crippen LogP contribution >= 0.6 is 23.4 Å². The summed E-state index contributed by atoms with van der Waals surface area (Å²) in [4.78, 5) is 18.9. The maximum atomic E-state index is 12.5. The van der Waals surface area contributed by atoms with Crippen molar-refractivity contribution in [1.29, 1.82) is 0 Å². The number of aryl methyl sites for hydroxylation is 1. The highest BCUT2D eigenvalue weighted by atomic mass is 35.5. The maximum Gasteiger partial charge on any atom is 0.433 e. The molecule has 0 aliphatic rings.